The summed E-state index contributed by atoms with van der Waals surface area (Å²) < 4.78 is 5.19. The summed E-state index contributed by atoms with van der Waals surface area (Å²) in [6.07, 6.45) is 4.12. The number of carbonyl (C=O) groups is 2. The van der Waals surface area contributed by atoms with E-state index in [1.165, 1.54) is 4.90 Å². The molecule has 1 aliphatic carbocycles. The predicted octanol–water partition coefficient (Wildman–Crippen LogP) is 3.71. The summed E-state index contributed by atoms with van der Waals surface area (Å²) in [5, 5.41) is 1.88. The van der Waals surface area contributed by atoms with Crippen molar-refractivity contribution in [2.24, 2.45) is 5.92 Å². The Balaban J connectivity index is 1.54. The Morgan fingerprint density at radius 2 is 1.59 bits per heavy atom. The van der Waals surface area contributed by atoms with E-state index >= 15 is 0 Å². The molecule has 2 aromatic rings. The van der Waals surface area contributed by atoms with Gasteiger partial charge in [-0.05, 0) is 49.2 Å². The minimum absolute atomic E-state index is 0.162. The Kier molecular flexibility index (Phi) is 4.32. The zero-order chi connectivity index (χ0) is 20.0. The predicted molar refractivity (Wildman–Crippen MR) is 109 cm³/mol. The molecule has 6 heteroatoms. The number of hydroxylamine groups is 1. The van der Waals surface area contributed by atoms with Gasteiger partial charge in [0.05, 0.1) is 24.0 Å². The maximum Gasteiger partial charge on any atom is 0.266 e. The highest BCUT2D eigenvalue weighted by molar-refractivity contribution is 6.24. The molecule has 2 atom stereocenters. The molecular formula is C23H24N2O4. The molecule has 6 nitrogen and oxygen atoms in total. The quantitative estimate of drug-likeness (QED) is 0.746. The molecule has 5 rings (SSSR count). The van der Waals surface area contributed by atoms with E-state index < -0.39 is 17.6 Å². The molecule has 3 fully saturated rings. The number of anilines is 2. The summed E-state index contributed by atoms with van der Waals surface area (Å²) in [6, 6.07) is 16.8. The molecule has 3 aliphatic rings. The largest absolute Gasteiger partial charge is 0.497 e. The fourth-order valence-corrected chi connectivity index (χ4v) is 5.15. The zero-order valence-electron chi connectivity index (χ0n) is 16.4. The van der Waals surface area contributed by atoms with Gasteiger partial charge in [-0.15, -0.1) is 0 Å². The van der Waals surface area contributed by atoms with Crippen molar-refractivity contribution < 1.29 is 19.2 Å². The van der Waals surface area contributed by atoms with Crippen molar-refractivity contribution in [2.75, 3.05) is 17.1 Å². The number of hydrogen-bond donors (Lipinski definition) is 0. The smallest absolute Gasteiger partial charge is 0.266 e. The maximum atomic E-state index is 13.6. The van der Waals surface area contributed by atoms with Crippen LogP contribution >= 0.6 is 0 Å². The Hall–Kier alpha value is -2.86. The number of para-hydroxylation sites is 1. The van der Waals surface area contributed by atoms with Crippen LogP contribution in [0.25, 0.3) is 0 Å². The van der Waals surface area contributed by atoms with Gasteiger partial charge in [-0.2, -0.15) is 0 Å². The highest BCUT2D eigenvalue weighted by Gasteiger charge is 2.66. The standard InChI is InChI=1S/C23H24N2O4/c1-28-18-12-10-16(11-13-18)24-21(26)19-20(22(24)27)29-25(17-8-4-2-5-9-17)23(19)14-6-3-7-15-23/h2,4-5,8-13,19-20H,3,6-7,14-15H2,1H3/t19-,20+/m1/s1. The van der Waals surface area contributed by atoms with E-state index in [1.807, 2.05) is 35.4 Å². The highest BCUT2D eigenvalue weighted by Crippen LogP contribution is 2.52. The summed E-state index contributed by atoms with van der Waals surface area (Å²) in [5.74, 6) is -0.250. The van der Waals surface area contributed by atoms with Crippen molar-refractivity contribution >= 4 is 23.2 Å². The van der Waals surface area contributed by atoms with Crippen LogP contribution in [0.5, 0.6) is 5.75 Å². The molecule has 0 bridgehead atoms. The molecule has 1 saturated carbocycles. The number of ether oxygens (including phenoxy) is 1. The van der Waals surface area contributed by atoms with E-state index in [1.54, 1.807) is 31.4 Å². The van der Waals surface area contributed by atoms with Crippen LogP contribution in [0.2, 0.25) is 0 Å². The molecule has 0 aromatic heterocycles. The van der Waals surface area contributed by atoms with E-state index in [0.717, 1.165) is 37.8 Å². The number of benzene rings is 2. The summed E-state index contributed by atoms with van der Waals surface area (Å²) >= 11 is 0. The third-order valence-corrected chi connectivity index (χ3v) is 6.50. The van der Waals surface area contributed by atoms with E-state index in [2.05, 4.69) is 0 Å². The molecule has 0 N–H and O–H groups in total. The van der Waals surface area contributed by atoms with Crippen molar-refractivity contribution in [2.45, 2.75) is 43.7 Å². The first-order chi connectivity index (χ1) is 14.2. The van der Waals surface area contributed by atoms with Crippen LogP contribution in [0.3, 0.4) is 0 Å². The SMILES string of the molecule is COc1ccc(N2C(=O)[C@H]3ON(c4ccccc4)C4(CCCCC4)[C@H]3C2=O)cc1. The zero-order valence-corrected chi connectivity index (χ0v) is 16.4. The van der Waals surface area contributed by atoms with Gasteiger partial charge >= 0.3 is 0 Å². The molecule has 29 heavy (non-hydrogen) atoms. The number of nitrogens with zero attached hydrogens (tertiary/aromatic N) is 2. The molecule has 1 spiro atoms. The van der Waals surface area contributed by atoms with E-state index in [0.29, 0.717) is 11.4 Å². The molecule has 2 amide bonds. The normalized spacial score (nSPS) is 25.6. The minimum Gasteiger partial charge on any atom is -0.497 e. The number of methoxy groups -OCH3 is 1. The van der Waals surface area contributed by atoms with Gasteiger partial charge in [0.25, 0.3) is 5.91 Å². The lowest BCUT2D eigenvalue weighted by Crippen LogP contribution is -2.53. The van der Waals surface area contributed by atoms with Gasteiger partial charge < -0.3 is 4.74 Å². The number of hydrogen-bond acceptors (Lipinski definition) is 5. The Labute approximate surface area is 170 Å². The Morgan fingerprint density at radius 1 is 0.897 bits per heavy atom. The van der Waals surface area contributed by atoms with Crippen molar-refractivity contribution in [3.05, 3.63) is 54.6 Å². The second kappa shape index (κ2) is 6.88. The van der Waals surface area contributed by atoms with Crippen molar-refractivity contribution in [1.29, 1.82) is 0 Å². The van der Waals surface area contributed by atoms with Gasteiger partial charge in [0.2, 0.25) is 5.91 Å². The van der Waals surface area contributed by atoms with E-state index in [-0.39, 0.29) is 11.8 Å². The molecule has 150 valence electrons. The summed E-state index contributed by atoms with van der Waals surface area (Å²) in [4.78, 5) is 34.4. The first kappa shape index (κ1) is 18.2. The molecule has 2 aliphatic heterocycles. The Morgan fingerprint density at radius 3 is 2.24 bits per heavy atom. The summed E-state index contributed by atoms with van der Waals surface area (Å²) in [5.41, 5.74) is 0.995. The van der Waals surface area contributed by atoms with Crippen LogP contribution in [0.4, 0.5) is 11.4 Å². The number of imide groups is 1. The highest BCUT2D eigenvalue weighted by atomic mass is 16.7. The van der Waals surface area contributed by atoms with E-state index in [9.17, 15) is 9.59 Å². The fourth-order valence-electron chi connectivity index (χ4n) is 5.15. The Bertz CT molecular complexity index is 922. The van der Waals surface area contributed by atoms with Crippen molar-refractivity contribution in [3.8, 4) is 5.75 Å². The molecule has 2 heterocycles. The number of amides is 2. The van der Waals surface area contributed by atoms with Gasteiger partial charge in [0, 0.05) is 0 Å². The number of fused-ring (bicyclic) bond motifs is 2. The second-order valence-electron chi connectivity index (χ2n) is 8.01. The van der Waals surface area contributed by atoms with Gasteiger partial charge in [-0.25, -0.2) is 9.96 Å². The third kappa shape index (κ3) is 2.66. The monoisotopic (exact) mass is 392 g/mol. The van der Waals surface area contributed by atoms with Crippen LogP contribution in [0.1, 0.15) is 32.1 Å². The average Bonchev–Trinajstić information content (AvgIpc) is 3.22. The van der Waals surface area contributed by atoms with Crippen LogP contribution in [0.15, 0.2) is 54.6 Å². The van der Waals surface area contributed by atoms with Crippen LogP contribution < -0.4 is 14.7 Å². The summed E-state index contributed by atoms with van der Waals surface area (Å²) in [7, 11) is 1.59. The minimum atomic E-state index is -0.775. The van der Waals surface area contributed by atoms with Gasteiger partial charge in [-0.3, -0.25) is 14.4 Å². The summed E-state index contributed by atoms with van der Waals surface area (Å²) in [6.45, 7) is 0. The molecular weight excluding hydrogens is 368 g/mol. The van der Waals surface area contributed by atoms with Crippen molar-refractivity contribution in [1.82, 2.24) is 0 Å². The molecule has 2 saturated heterocycles. The van der Waals surface area contributed by atoms with Crippen LogP contribution in [-0.2, 0) is 14.4 Å². The van der Waals surface area contributed by atoms with Crippen LogP contribution in [0, 0.1) is 5.92 Å². The first-order valence-corrected chi connectivity index (χ1v) is 10.2. The third-order valence-electron chi connectivity index (χ3n) is 6.50. The van der Waals surface area contributed by atoms with Gasteiger partial charge in [-0.1, -0.05) is 37.5 Å². The van der Waals surface area contributed by atoms with Crippen molar-refractivity contribution in [3.63, 3.8) is 0 Å². The number of carbonyl (C=O) groups excluding carboxylic acids is 2. The number of rotatable bonds is 3. The van der Waals surface area contributed by atoms with Crippen LogP contribution in [-0.4, -0.2) is 30.6 Å². The lowest BCUT2D eigenvalue weighted by molar-refractivity contribution is -0.126. The second-order valence-corrected chi connectivity index (χ2v) is 8.01. The molecule has 0 radical (unpaired) electrons. The molecule has 2 aromatic carbocycles. The lowest BCUT2D eigenvalue weighted by Gasteiger charge is -2.43. The fraction of sp³-hybridized carbons (Fsp3) is 0.391. The van der Waals surface area contributed by atoms with Gasteiger partial charge in [0.1, 0.15) is 11.7 Å². The average molecular weight is 392 g/mol. The maximum absolute atomic E-state index is 13.6. The van der Waals surface area contributed by atoms with Gasteiger partial charge in [0.15, 0.2) is 6.10 Å². The molecule has 0 unspecified atom stereocenters. The first-order valence-electron chi connectivity index (χ1n) is 10.2. The topological polar surface area (TPSA) is 59.1 Å². The lowest BCUT2D eigenvalue weighted by atomic mass is 9.71. The van der Waals surface area contributed by atoms with E-state index in [4.69, 9.17) is 9.57 Å².